The summed E-state index contributed by atoms with van der Waals surface area (Å²) in [5.74, 6) is 8.87. The third-order valence-electron chi connectivity index (χ3n) is 24.7. The SMILES string of the molecule is Cc1cc([S+](c2ccccc2)c2ccccc2)cc(C)c1OCOC1C2CC3CC(C2)CC1C3.c1ccc([S+](c2cccc3ccccc23)c2cccc3ccccc23)cc1.c1ccc([S+](c2ccccc2)c2ccc(OCOC3C4CC5CC(C4)CC3C5)cc2)cc1.c1ccc([S+](c2ccccc2)c2cccc3ccccc23)cc1. The lowest BCUT2D eigenvalue weighted by Gasteiger charge is -2.53. The zero-order valence-electron chi connectivity index (χ0n) is 66.3. The van der Waals surface area contributed by atoms with Gasteiger partial charge in [-0.1, -0.05) is 218 Å². The highest BCUT2D eigenvalue weighted by Gasteiger charge is 2.50. The number of ether oxygens (including phenoxy) is 4. The van der Waals surface area contributed by atoms with Crippen molar-refractivity contribution in [3.63, 3.8) is 0 Å². The van der Waals surface area contributed by atoms with Gasteiger partial charge in [0.2, 0.25) is 0 Å². The summed E-state index contributed by atoms with van der Waals surface area (Å²) >= 11 is 0. The average molecular weight is 1590 g/mol. The number of hydrogen-bond donors (Lipinski definition) is 0. The Morgan fingerprint density at radius 2 is 0.491 bits per heavy atom. The topological polar surface area (TPSA) is 36.9 Å². The van der Waals surface area contributed by atoms with Crippen LogP contribution in [0.2, 0.25) is 0 Å². The molecule has 0 heterocycles. The van der Waals surface area contributed by atoms with Gasteiger partial charge in [0, 0.05) is 28.3 Å². The van der Waals surface area contributed by atoms with E-state index in [0.29, 0.717) is 25.8 Å². The van der Waals surface area contributed by atoms with Crippen LogP contribution in [0.1, 0.15) is 75.3 Å². The normalized spacial score (nSPS) is 20.6. The molecule has 0 unspecified atom stereocenters. The van der Waals surface area contributed by atoms with Gasteiger partial charge < -0.3 is 18.9 Å². The van der Waals surface area contributed by atoms with Gasteiger partial charge in [-0.05, 0) is 298 Å². The van der Waals surface area contributed by atoms with Crippen molar-refractivity contribution in [1.82, 2.24) is 0 Å². The molecule has 0 N–H and O–H groups in total. The lowest BCUT2D eigenvalue weighted by molar-refractivity contribution is -0.155. The summed E-state index contributed by atoms with van der Waals surface area (Å²) in [6, 6.07) is 135. The Hall–Kier alpha value is -10.0. The molecule has 15 aromatic carbocycles. The Labute approximate surface area is 698 Å². The monoisotopic (exact) mass is 1590 g/mol. The smallest absolute Gasteiger partial charge is 0.189 e. The van der Waals surface area contributed by atoms with Crippen LogP contribution in [0, 0.1) is 61.2 Å². The first-order valence-electron chi connectivity index (χ1n) is 41.8. The van der Waals surface area contributed by atoms with Crippen LogP contribution in [0.3, 0.4) is 0 Å². The molecule has 578 valence electrons. The Morgan fingerprint density at radius 3 is 0.828 bits per heavy atom. The van der Waals surface area contributed by atoms with Gasteiger partial charge in [-0.15, -0.1) is 0 Å². The molecule has 8 fully saturated rings. The van der Waals surface area contributed by atoms with Gasteiger partial charge in [-0.3, -0.25) is 0 Å². The lowest BCUT2D eigenvalue weighted by atomic mass is 9.55. The number of aryl methyl sites for hydroxylation is 2. The first-order chi connectivity index (χ1) is 57.3. The van der Waals surface area contributed by atoms with Gasteiger partial charge >= 0.3 is 0 Å². The van der Waals surface area contributed by atoms with E-state index in [1.165, 1.54) is 166 Å². The molecule has 23 rings (SSSR count). The van der Waals surface area contributed by atoms with Crippen molar-refractivity contribution < 1.29 is 18.9 Å². The fourth-order valence-electron chi connectivity index (χ4n) is 20.2. The Bertz CT molecular complexity index is 5410. The third kappa shape index (κ3) is 17.5. The molecular weight excluding hydrogens is 1490 g/mol. The minimum absolute atomic E-state index is 0.0892. The summed E-state index contributed by atoms with van der Waals surface area (Å²) in [4.78, 5) is 16.2. The van der Waals surface area contributed by atoms with E-state index in [4.69, 9.17) is 18.9 Å². The van der Waals surface area contributed by atoms with E-state index in [1.807, 2.05) is 0 Å². The van der Waals surface area contributed by atoms with E-state index in [2.05, 4.69) is 390 Å². The van der Waals surface area contributed by atoms with Gasteiger partial charge in [0.05, 0.1) is 44.9 Å². The average Bonchev–Trinajstić information content (AvgIpc) is 0.776. The highest BCUT2D eigenvalue weighted by molar-refractivity contribution is 7.98. The summed E-state index contributed by atoms with van der Waals surface area (Å²) in [5.41, 5.74) is 2.38. The summed E-state index contributed by atoms with van der Waals surface area (Å²) < 4.78 is 25.1. The second-order valence-electron chi connectivity index (χ2n) is 32.4. The maximum Gasteiger partial charge on any atom is 0.189 e. The third-order valence-corrected chi connectivity index (χ3v) is 33.8. The van der Waals surface area contributed by atoms with Crippen LogP contribution in [0.4, 0.5) is 0 Å². The maximum absolute atomic E-state index is 6.43. The largest absolute Gasteiger partial charge is 0.468 e. The lowest BCUT2D eigenvalue weighted by Crippen LogP contribution is -2.49. The molecule has 0 spiro atoms. The zero-order chi connectivity index (χ0) is 77.9. The molecular formula is C108H102O4S4+4. The number of hydrogen-bond acceptors (Lipinski definition) is 4. The molecule has 0 radical (unpaired) electrons. The van der Waals surface area contributed by atoms with Gasteiger partial charge in [0.25, 0.3) is 0 Å². The van der Waals surface area contributed by atoms with Gasteiger partial charge in [-0.25, -0.2) is 0 Å². The molecule has 8 bridgehead atoms. The van der Waals surface area contributed by atoms with Crippen molar-refractivity contribution in [3.8, 4) is 11.5 Å². The van der Waals surface area contributed by atoms with Gasteiger partial charge in [-0.2, -0.15) is 0 Å². The van der Waals surface area contributed by atoms with Crippen molar-refractivity contribution in [1.29, 1.82) is 0 Å². The van der Waals surface area contributed by atoms with Crippen molar-refractivity contribution in [2.45, 2.75) is 149 Å². The Balaban J connectivity index is 0.000000108. The Kier molecular flexibility index (Phi) is 24.4. The van der Waals surface area contributed by atoms with Crippen molar-refractivity contribution >= 4 is 75.9 Å². The first kappa shape index (κ1) is 77.2. The standard InChI is InChI=1S/C31H35O2S.C29H31O2S.C26H19S.C22H17S/c1-21-13-29(34(27-9-5-3-6-10-27)28-11-7-4-8-12-28)14-22(2)30(21)32-20-33-31-25-16-23-15-24(18-25)19-26(31)17-23;1-3-7-26(8-4-1)32(27-9-5-2-6-10-27)28-13-11-25(12-14-28)30-20-31-29-23-16-21-15-22(18-23)19-24(29)17-21;1-2-14-22(15-3-1)27(25-18-8-12-20-10-4-6-16-23(20)25)26-19-9-13-21-11-5-7-17-24(21)26;1-3-12-19(13-4-1)23(20-14-5-2-6-15-20)22-17-9-11-18-10-7-8-16-21(18)22/h3-14,23-26,31H,15-20H2,1-2H3;1-14,21-24,29H,15-20H2;1-19H;1-17H/q4*+1. The van der Waals surface area contributed by atoms with Crippen molar-refractivity contribution in [2.75, 3.05) is 13.6 Å². The molecule has 0 atom stereocenters. The summed E-state index contributed by atoms with van der Waals surface area (Å²) in [6.07, 6.45) is 14.8. The van der Waals surface area contributed by atoms with Crippen LogP contribution in [-0.4, -0.2) is 25.8 Å². The van der Waals surface area contributed by atoms with E-state index in [1.54, 1.807) is 0 Å². The van der Waals surface area contributed by atoms with Crippen LogP contribution in [0.15, 0.2) is 435 Å². The molecule has 0 aliphatic heterocycles. The minimum Gasteiger partial charge on any atom is -0.468 e. The second-order valence-corrected chi connectivity index (χ2v) is 40.4. The number of benzene rings is 15. The summed E-state index contributed by atoms with van der Waals surface area (Å²) in [7, 11) is -0.517. The van der Waals surface area contributed by atoms with Crippen LogP contribution >= 0.6 is 0 Å². The summed E-state index contributed by atoms with van der Waals surface area (Å²) in [6.45, 7) is 5.09. The van der Waals surface area contributed by atoms with Gasteiger partial charge in [0.1, 0.15) is 22.4 Å². The Morgan fingerprint density at radius 1 is 0.233 bits per heavy atom. The molecule has 8 saturated carbocycles. The minimum atomic E-state index is -0.164. The fourth-order valence-corrected chi connectivity index (χ4v) is 29.2. The predicted molar refractivity (Wildman–Crippen MR) is 483 cm³/mol. The van der Waals surface area contributed by atoms with Crippen molar-refractivity contribution in [3.05, 3.63) is 387 Å². The van der Waals surface area contributed by atoms with Crippen LogP contribution in [-0.2, 0) is 53.1 Å². The molecule has 8 heteroatoms. The van der Waals surface area contributed by atoms with Crippen LogP contribution in [0.5, 0.6) is 11.5 Å². The highest BCUT2D eigenvalue weighted by atomic mass is 32.2. The first-order valence-corrected chi connectivity index (χ1v) is 46.7. The second kappa shape index (κ2) is 36.7. The molecule has 15 aromatic rings. The number of fused-ring (bicyclic) bond motifs is 3. The molecule has 0 amide bonds. The molecule has 8 aliphatic carbocycles. The molecule has 4 nitrogen and oxygen atoms in total. The highest BCUT2D eigenvalue weighted by Crippen LogP contribution is 2.56. The predicted octanol–water partition coefficient (Wildman–Crippen LogP) is 27.6. The van der Waals surface area contributed by atoms with E-state index in [0.717, 1.165) is 58.8 Å². The van der Waals surface area contributed by atoms with E-state index >= 15 is 0 Å². The molecule has 0 aromatic heterocycles. The molecule has 0 saturated heterocycles. The molecule has 8 aliphatic rings. The zero-order valence-corrected chi connectivity index (χ0v) is 69.6. The quantitative estimate of drug-likeness (QED) is 0.0563. The summed E-state index contributed by atoms with van der Waals surface area (Å²) in [5, 5.41) is 7.90. The maximum atomic E-state index is 6.43. The van der Waals surface area contributed by atoms with Gasteiger partial charge in [0.15, 0.2) is 72.3 Å². The molecule has 116 heavy (non-hydrogen) atoms. The van der Waals surface area contributed by atoms with E-state index in [9.17, 15) is 0 Å². The fraction of sp³-hybridized carbons (Fsp3) is 0.222. The number of rotatable bonds is 20. The van der Waals surface area contributed by atoms with Crippen molar-refractivity contribution in [2.24, 2.45) is 47.3 Å². The van der Waals surface area contributed by atoms with E-state index < -0.39 is 0 Å². The van der Waals surface area contributed by atoms with Crippen LogP contribution < -0.4 is 9.47 Å². The van der Waals surface area contributed by atoms with Crippen LogP contribution in [0.25, 0.3) is 32.3 Å². The van der Waals surface area contributed by atoms with E-state index in [-0.39, 0.29) is 43.6 Å².